The smallest absolute Gasteiger partial charge is 0.308 e. The molecule has 1 aliphatic rings. The monoisotopic (exact) mass is 685 g/mol. The Kier molecular flexibility index (Phi) is 15.5. The van der Waals surface area contributed by atoms with Gasteiger partial charge in [0.15, 0.2) is 0 Å². The Balaban J connectivity index is 1.67. The van der Waals surface area contributed by atoms with Crippen LogP contribution in [0.5, 0.6) is 0 Å². The molecule has 48 heavy (non-hydrogen) atoms. The van der Waals surface area contributed by atoms with Gasteiger partial charge in [-0.15, -0.1) is 11.3 Å². The molecule has 7 atom stereocenters. The van der Waals surface area contributed by atoms with E-state index in [0.717, 1.165) is 31.4 Å². The minimum Gasteiger partial charge on any atom is -0.469 e. The van der Waals surface area contributed by atoms with Crippen molar-refractivity contribution < 1.29 is 29.0 Å². The van der Waals surface area contributed by atoms with Crippen molar-refractivity contribution in [2.75, 3.05) is 20.7 Å². The van der Waals surface area contributed by atoms with Crippen molar-refractivity contribution in [3.8, 4) is 0 Å². The second kappa shape index (κ2) is 19.0. The molecule has 11 nitrogen and oxygen atoms in total. The SMILES string of the molecule is CC[C@H](C)[C@H](NC(=O)[C@H]1CCCCN1C)C(=O)N[C@H](C[C@@H](O)c1nc(C(=O)N[C@@H](Cc2ccccc2)C[C@H](C)C(=O)OC)cs1)C(C)C. The fraction of sp³-hybridized carbons (Fsp3) is 0.639. The van der Waals surface area contributed by atoms with E-state index in [-0.39, 0.29) is 53.8 Å². The fourth-order valence-corrected chi connectivity index (χ4v) is 6.89. The number of ether oxygens (including phenoxy) is 1. The molecule has 4 N–H and O–H groups in total. The highest BCUT2D eigenvalue weighted by molar-refractivity contribution is 7.09. The zero-order chi connectivity index (χ0) is 35.4. The van der Waals surface area contributed by atoms with E-state index in [0.29, 0.717) is 24.3 Å². The Bertz CT molecular complexity index is 1340. The number of hydrogen-bond donors (Lipinski definition) is 4. The van der Waals surface area contributed by atoms with Gasteiger partial charge in [0.25, 0.3) is 5.91 Å². The van der Waals surface area contributed by atoms with Crippen molar-refractivity contribution in [1.82, 2.24) is 25.8 Å². The number of nitrogens with one attached hydrogen (secondary N) is 3. The second-order valence-electron chi connectivity index (χ2n) is 13.6. The lowest BCUT2D eigenvalue weighted by molar-refractivity contribution is -0.145. The van der Waals surface area contributed by atoms with E-state index in [4.69, 9.17) is 4.74 Å². The van der Waals surface area contributed by atoms with Crippen molar-refractivity contribution in [1.29, 1.82) is 0 Å². The number of piperidine rings is 1. The number of benzene rings is 1. The average Bonchev–Trinajstić information content (AvgIpc) is 3.57. The summed E-state index contributed by atoms with van der Waals surface area (Å²) in [4.78, 5) is 58.8. The first kappa shape index (κ1) is 39.1. The summed E-state index contributed by atoms with van der Waals surface area (Å²) in [6.07, 6.45) is 3.62. The maximum atomic E-state index is 13.6. The van der Waals surface area contributed by atoms with Crippen molar-refractivity contribution in [3.05, 3.63) is 52.0 Å². The number of carbonyl (C=O) groups excluding carboxylic acids is 4. The molecule has 0 aliphatic carbocycles. The highest BCUT2D eigenvalue weighted by Gasteiger charge is 2.34. The van der Waals surface area contributed by atoms with E-state index < -0.39 is 30.0 Å². The van der Waals surface area contributed by atoms with Crippen LogP contribution in [0.15, 0.2) is 35.7 Å². The number of rotatable bonds is 17. The Labute approximate surface area is 289 Å². The molecule has 3 amide bonds. The summed E-state index contributed by atoms with van der Waals surface area (Å²) in [5, 5.41) is 22.3. The van der Waals surface area contributed by atoms with E-state index in [1.165, 1.54) is 18.4 Å². The molecule has 3 rings (SSSR count). The summed E-state index contributed by atoms with van der Waals surface area (Å²) in [7, 11) is 3.29. The van der Waals surface area contributed by atoms with Crippen LogP contribution in [-0.2, 0) is 25.5 Å². The summed E-state index contributed by atoms with van der Waals surface area (Å²) >= 11 is 1.18. The molecule has 12 heteroatoms. The van der Waals surface area contributed by atoms with Crippen LogP contribution in [0.4, 0.5) is 0 Å². The average molecular weight is 686 g/mol. The van der Waals surface area contributed by atoms with Gasteiger partial charge in [0, 0.05) is 23.9 Å². The topological polar surface area (TPSA) is 150 Å². The first-order chi connectivity index (χ1) is 22.8. The van der Waals surface area contributed by atoms with Crippen LogP contribution in [0.3, 0.4) is 0 Å². The molecule has 1 fully saturated rings. The molecule has 0 unspecified atom stereocenters. The van der Waals surface area contributed by atoms with Crippen molar-refractivity contribution in [2.24, 2.45) is 17.8 Å². The standard InChI is InChI=1S/C36H55N5O6S/c1-8-23(4)31(40-33(44)29-16-12-13-17-41(29)6)34(45)38-27(22(2)3)20-30(42)35-39-28(21-48-35)32(43)37-26(18-24(5)36(46)47-7)19-25-14-10-9-11-15-25/h9-11,14-15,21-24,26-27,29-31,42H,8,12-13,16-20H2,1-7H3,(H,37,43)(H,38,45)(H,40,44)/t23-,24-,26+,27+,29+,30+,31-/m0/s1. The van der Waals surface area contributed by atoms with E-state index in [1.807, 2.05) is 70.0 Å². The third kappa shape index (κ3) is 11.4. The number of esters is 1. The summed E-state index contributed by atoms with van der Waals surface area (Å²) in [6.45, 7) is 10.5. The number of carbonyl (C=O) groups is 4. The van der Waals surface area contributed by atoms with E-state index >= 15 is 0 Å². The first-order valence-corrected chi connectivity index (χ1v) is 18.1. The zero-order valence-electron chi connectivity index (χ0n) is 29.5. The maximum absolute atomic E-state index is 13.6. The van der Waals surface area contributed by atoms with Gasteiger partial charge in [0.05, 0.1) is 19.1 Å². The molecule has 0 bridgehead atoms. The number of thiazole rings is 1. The van der Waals surface area contributed by atoms with E-state index in [1.54, 1.807) is 12.3 Å². The van der Waals surface area contributed by atoms with Gasteiger partial charge in [-0.05, 0) is 56.7 Å². The lowest BCUT2D eigenvalue weighted by Crippen LogP contribution is -2.57. The predicted octanol–water partition coefficient (Wildman–Crippen LogP) is 4.26. The molecule has 266 valence electrons. The van der Waals surface area contributed by atoms with Crippen LogP contribution in [0.25, 0.3) is 0 Å². The summed E-state index contributed by atoms with van der Waals surface area (Å²) in [6, 6.07) is 8.02. The van der Waals surface area contributed by atoms with Gasteiger partial charge in [-0.1, -0.05) is 77.8 Å². The number of hydrogen-bond acceptors (Lipinski definition) is 9. The predicted molar refractivity (Wildman–Crippen MR) is 187 cm³/mol. The van der Waals surface area contributed by atoms with Gasteiger partial charge in [0.1, 0.15) is 22.8 Å². The second-order valence-corrected chi connectivity index (χ2v) is 14.5. The first-order valence-electron chi connectivity index (χ1n) is 17.2. The molecule has 0 spiro atoms. The maximum Gasteiger partial charge on any atom is 0.308 e. The number of aliphatic hydroxyl groups is 1. The highest BCUT2D eigenvalue weighted by Crippen LogP contribution is 2.26. The third-order valence-electron chi connectivity index (χ3n) is 9.42. The number of amides is 3. The summed E-state index contributed by atoms with van der Waals surface area (Å²) < 4.78 is 4.89. The van der Waals surface area contributed by atoms with Crippen molar-refractivity contribution in [2.45, 2.75) is 110 Å². The van der Waals surface area contributed by atoms with Crippen molar-refractivity contribution in [3.63, 3.8) is 0 Å². The third-order valence-corrected chi connectivity index (χ3v) is 10.4. The van der Waals surface area contributed by atoms with Crippen LogP contribution in [-0.4, -0.2) is 83.6 Å². The number of likely N-dealkylation sites (N-methyl/N-ethyl adjacent to an activating group) is 1. The van der Waals surface area contributed by atoms with Crippen LogP contribution >= 0.6 is 11.3 Å². The lowest BCUT2D eigenvalue weighted by Gasteiger charge is -2.34. The molecular formula is C36H55N5O6S. The minimum absolute atomic E-state index is 0.0142. The molecule has 2 heterocycles. The molecule has 1 saturated heterocycles. The van der Waals surface area contributed by atoms with Gasteiger partial charge < -0.3 is 25.8 Å². The van der Waals surface area contributed by atoms with Crippen LogP contribution in [0, 0.1) is 17.8 Å². The molecule has 1 aliphatic heterocycles. The normalized spacial score (nSPS) is 19.0. The molecule has 1 aromatic heterocycles. The Morgan fingerprint density at radius 2 is 1.75 bits per heavy atom. The molecule has 0 saturated carbocycles. The van der Waals surface area contributed by atoms with E-state index in [9.17, 15) is 24.3 Å². The Morgan fingerprint density at radius 1 is 1.04 bits per heavy atom. The Morgan fingerprint density at radius 3 is 2.38 bits per heavy atom. The quantitative estimate of drug-likeness (QED) is 0.181. The molecule has 1 aromatic carbocycles. The van der Waals surface area contributed by atoms with E-state index in [2.05, 4.69) is 20.9 Å². The summed E-state index contributed by atoms with van der Waals surface area (Å²) in [5.74, 6) is -1.65. The van der Waals surface area contributed by atoms with Gasteiger partial charge in [0.2, 0.25) is 11.8 Å². The number of methoxy groups -OCH3 is 1. The number of aromatic nitrogens is 1. The van der Waals surface area contributed by atoms with Gasteiger partial charge in [-0.25, -0.2) is 4.98 Å². The fourth-order valence-electron chi connectivity index (χ4n) is 6.09. The highest BCUT2D eigenvalue weighted by atomic mass is 32.1. The number of likely N-dealkylation sites (tertiary alicyclic amines) is 1. The molecular weight excluding hydrogens is 630 g/mol. The lowest BCUT2D eigenvalue weighted by atomic mass is 9.94. The van der Waals surface area contributed by atoms with Crippen LogP contribution in [0.1, 0.15) is 100 Å². The number of aliphatic hydroxyl groups excluding tert-OH is 1. The van der Waals surface area contributed by atoms with Gasteiger partial charge in [-0.2, -0.15) is 0 Å². The molecule has 0 radical (unpaired) electrons. The minimum atomic E-state index is -1.02. The zero-order valence-corrected chi connectivity index (χ0v) is 30.3. The largest absolute Gasteiger partial charge is 0.469 e. The van der Waals surface area contributed by atoms with Gasteiger partial charge >= 0.3 is 5.97 Å². The van der Waals surface area contributed by atoms with Crippen LogP contribution in [0.2, 0.25) is 0 Å². The van der Waals surface area contributed by atoms with Gasteiger partial charge in [-0.3, -0.25) is 24.1 Å². The summed E-state index contributed by atoms with van der Waals surface area (Å²) in [5.41, 5.74) is 1.20. The number of nitrogens with zero attached hydrogens (tertiary/aromatic N) is 2. The molecule has 2 aromatic rings. The Hall–Kier alpha value is -3.35. The van der Waals surface area contributed by atoms with Crippen molar-refractivity contribution >= 4 is 35.0 Å². The van der Waals surface area contributed by atoms with Crippen LogP contribution < -0.4 is 16.0 Å².